The smallest absolute Gasteiger partial charge is 0.378 e. The van der Waals surface area contributed by atoms with Gasteiger partial charge in [0.25, 0.3) is 0 Å². The molecule has 2 aliphatic rings. The Morgan fingerprint density at radius 2 is 1.56 bits per heavy atom. The zero-order valence-corrected chi connectivity index (χ0v) is 22.3. The second kappa shape index (κ2) is 11.8. The van der Waals surface area contributed by atoms with Crippen molar-refractivity contribution in [3.63, 3.8) is 0 Å². The second-order valence-corrected chi connectivity index (χ2v) is 9.90. The molecular weight excluding hydrogens is 535 g/mol. The predicted molar refractivity (Wildman–Crippen MR) is 152 cm³/mol. The zero-order valence-electron chi connectivity index (χ0n) is 22.3. The molecular formula is C29H30F3N7O2. The molecule has 2 aliphatic heterocycles. The lowest BCUT2D eigenvalue weighted by Crippen LogP contribution is -2.39. The van der Waals surface area contributed by atoms with Gasteiger partial charge in [0, 0.05) is 61.5 Å². The third-order valence-electron chi connectivity index (χ3n) is 7.17. The van der Waals surface area contributed by atoms with E-state index >= 15 is 0 Å². The monoisotopic (exact) mass is 565 g/mol. The van der Waals surface area contributed by atoms with E-state index in [1.54, 1.807) is 6.21 Å². The lowest BCUT2D eigenvalue weighted by Gasteiger charge is -2.31. The van der Waals surface area contributed by atoms with E-state index in [9.17, 15) is 13.2 Å². The number of benzene rings is 2. The van der Waals surface area contributed by atoms with Crippen molar-refractivity contribution in [2.75, 3.05) is 67.8 Å². The van der Waals surface area contributed by atoms with E-state index in [0.29, 0.717) is 57.8 Å². The number of para-hydroxylation sites is 1. The maximum Gasteiger partial charge on any atom is 0.416 e. The molecule has 2 saturated heterocycles. The van der Waals surface area contributed by atoms with Gasteiger partial charge in [0.2, 0.25) is 5.95 Å². The minimum atomic E-state index is -4.36. The summed E-state index contributed by atoms with van der Waals surface area (Å²) in [7, 11) is 0. The summed E-state index contributed by atoms with van der Waals surface area (Å²) in [5, 5.41) is 5.49. The van der Waals surface area contributed by atoms with Gasteiger partial charge in [-0.2, -0.15) is 28.2 Å². The molecule has 0 radical (unpaired) electrons. The molecule has 0 spiro atoms. The van der Waals surface area contributed by atoms with Gasteiger partial charge in [-0.3, -0.25) is 5.43 Å². The van der Waals surface area contributed by atoms with Crippen LogP contribution in [0.2, 0.25) is 0 Å². The van der Waals surface area contributed by atoms with Crippen molar-refractivity contribution in [2.45, 2.75) is 12.7 Å². The first-order valence-corrected chi connectivity index (χ1v) is 13.5. The van der Waals surface area contributed by atoms with E-state index in [1.165, 1.54) is 12.1 Å². The molecule has 12 heteroatoms. The lowest BCUT2D eigenvalue weighted by atomic mass is 10.1. The number of fused-ring (bicyclic) bond motifs is 1. The highest BCUT2D eigenvalue weighted by Crippen LogP contribution is 2.30. The number of morpholine rings is 2. The first-order valence-electron chi connectivity index (χ1n) is 13.5. The van der Waals surface area contributed by atoms with Gasteiger partial charge in [-0.05, 0) is 23.8 Å². The topological polar surface area (TPSA) is 80.0 Å². The van der Waals surface area contributed by atoms with Gasteiger partial charge in [-0.15, -0.1) is 0 Å². The first-order chi connectivity index (χ1) is 19.9. The van der Waals surface area contributed by atoms with Crippen LogP contribution in [0, 0.1) is 0 Å². The van der Waals surface area contributed by atoms with Gasteiger partial charge in [-0.25, -0.2) is 0 Å². The van der Waals surface area contributed by atoms with Crippen molar-refractivity contribution in [2.24, 2.45) is 5.10 Å². The molecule has 9 nitrogen and oxygen atoms in total. The Morgan fingerprint density at radius 3 is 2.27 bits per heavy atom. The van der Waals surface area contributed by atoms with Crippen molar-refractivity contribution < 1.29 is 22.6 Å². The van der Waals surface area contributed by atoms with Gasteiger partial charge in [-0.1, -0.05) is 30.3 Å². The third-order valence-corrected chi connectivity index (χ3v) is 7.17. The highest BCUT2D eigenvalue weighted by molar-refractivity contribution is 5.99. The molecule has 6 rings (SSSR count). The van der Waals surface area contributed by atoms with E-state index in [1.807, 2.05) is 41.1 Å². The van der Waals surface area contributed by atoms with Crippen molar-refractivity contribution in [1.82, 2.24) is 14.5 Å². The molecule has 2 aromatic carbocycles. The molecule has 214 valence electrons. The number of ether oxygens (including phenoxy) is 2. The SMILES string of the molecule is FC(F)(F)c1ccc(Cn2cc(/C=N/Nc3cc(N4CCOCC4)nc(N4CCOCC4)n3)c3ccccc32)cc1. The van der Waals surface area contributed by atoms with Crippen LogP contribution in [0.1, 0.15) is 16.7 Å². The maximum absolute atomic E-state index is 13.0. The molecule has 0 bridgehead atoms. The average molecular weight is 566 g/mol. The van der Waals surface area contributed by atoms with Crippen molar-refractivity contribution in [3.8, 4) is 0 Å². The minimum Gasteiger partial charge on any atom is -0.378 e. The largest absolute Gasteiger partial charge is 0.416 e. The summed E-state index contributed by atoms with van der Waals surface area (Å²) >= 11 is 0. The summed E-state index contributed by atoms with van der Waals surface area (Å²) in [6.07, 6.45) is -0.673. The van der Waals surface area contributed by atoms with Crippen LogP contribution < -0.4 is 15.2 Å². The number of hydrogen-bond acceptors (Lipinski definition) is 8. The van der Waals surface area contributed by atoms with E-state index in [0.717, 1.165) is 53.1 Å². The van der Waals surface area contributed by atoms with Gasteiger partial charge in [0.05, 0.1) is 38.2 Å². The molecule has 4 aromatic rings. The predicted octanol–water partition coefficient (Wildman–Crippen LogP) is 4.62. The molecule has 2 fully saturated rings. The van der Waals surface area contributed by atoms with Crippen molar-refractivity contribution in [3.05, 3.63) is 77.5 Å². The van der Waals surface area contributed by atoms with Gasteiger partial charge < -0.3 is 23.8 Å². The quantitative estimate of drug-likeness (QED) is 0.259. The van der Waals surface area contributed by atoms with Crippen molar-refractivity contribution >= 4 is 34.7 Å². The number of hydrogen-bond donors (Lipinski definition) is 1. The summed E-state index contributed by atoms with van der Waals surface area (Å²) in [6.45, 7) is 5.91. The van der Waals surface area contributed by atoms with Crippen LogP contribution in [0.5, 0.6) is 0 Å². The Bertz CT molecular complexity index is 1470. The molecule has 0 aliphatic carbocycles. The summed E-state index contributed by atoms with van der Waals surface area (Å²) in [5.41, 5.74) is 5.03. The third kappa shape index (κ3) is 6.28. The summed E-state index contributed by atoms with van der Waals surface area (Å²) in [4.78, 5) is 13.8. The molecule has 0 atom stereocenters. The van der Waals surface area contributed by atoms with Gasteiger partial charge in [0.15, 0.2) is 5.82 Å². The molecule has 0 unspecified atom stereocenters. The second-order valence-electron chi connectivity index (χ2n) is 9.90. The van der Waals surface area contributed by atoms with E-state index in [-0.39, 0.29) is 0 Å². The van der Waals surface area contributed by atoms with Crippen LogP contribution in [0.25, 0.3) is 10.9 Å². The maximum atomic E-state index is 13.0. The number of aromatic nitrogens is 3. The fourth-order valence-electron chi connectivity index (χ4n) is 5.01. The Hall–Kier alpha value is -4.16. The molecule has 0 amide bonds. The van der Waals surface area contributed by atoms with E-state index in [2.05, 4.69) is 20.3 Å². The molecule has 41 heavy (non-hydrogen) atoms. The number of rotatable bonds is 7. The number of halogens is 3. The Balaban J connectivity index is 1.24. The molecule has 2 aromatic heterocycles. The number of anilines is 3. The van der Waals surface area contributed by atoms with Crippen LogP contribution in [0.3, 0.4) is 0 Å². The minimum absolute atomic E-state index is 0.428. The summed E-state index contributed by atoms with van der Waals surface area (Å²) < 4.78 is 52.0. The molecule has 4 heterocycles. The van der Waals surface area contributed by atoms with Crippen LogP contribution in [0.15, 0.2) is 65.9 Å². The number of nitrogens with zero attached hydrogens (tertiary/aromatic N) is 6. The average Bonchev–Trinajstić information content (AvgIpc) is 3.35. The summed E-state index contributed by atoms with van der Waals surface area (Å²) in [5.74, 6) is 2.02. The Kier molecular flexibility index (Phi) is 7.75. The Labute approximate surface area is 235 Å². The van der Waals surface area contributed by atoms with E-state index in [4.69, 9.17) is 19.4 Å². The van der Waals surface area contributed by atoms with Crippen molar-refractivity contribution in [1.29, 1.82) is 0 Å². The number of hydrazone groups is 1. The van der Waals surface area contributed by atoms with E-state index < -0.39 is 11.7 Å². The van der Waals surface area contributed by atoms with Crippen LogP contribution in [0.4, 0.5) is 30.8 Å². The first kappa shape index (κ1) is 27.0. The fourth-order valence-corrected chi connectivity index (χ4v) is 5.01. The highest BCUT2D eigenvalue weighted by atomic mass is 19.4. The Morgan fingerprint density at radius 1 is 0.878 bits per heavy atom. The van der Waals surface area contributed by atoms with Crippen LogP contribution >= 0.6 is 0 Å². The molecule has 0 saturated carbocycles. The number of nitrogens with one attached hydrogen (secondary N) is 1. The van der Waals surface area contributed by atoms with Crippen LogP contribution in [-0.2, 0) is 22.2 Å². The van der Waals surface area contributed by atoms with Gasteiger partial charge >= 0.3 is 6.18 Å². The summed E-state index contributed by atoms with van der Waals surface area (Å²) in [6, 6.07) is 15.0. The normalized spacial score (nSPS) is 16.6. The zero-order chi connectivity index (χ0) is 28.2. The standard InChI is InChI=1S/C29H30F3N7O2/c30-29(31,32)23-7-5-21(6-8-23)19-39-20-22(24-3-1-2-4-25(24)39)18-33-36-26-17-27(37-9-13-40-14-10-37)35-28(34-26)38-11-15-41-16-12-38/h1-8,17-18,20H,9-16,19H2,(H,34,35,36)/b33-18+. The van der Waals surface area contributed by atoms with Gasteiger partial charge in [0.1, 0.15) is 5.82 Å². The fraction of sp³-hybridized carbons (Fsp3) is 0.345. The molecule has 1 N–H and O–H groups in total. The lowest BCUT2D eigenvalue weighted by molar-refractivity contribution is -0.137. The highest BCUT2D eigenvalue weighted by Gasteiger charge is 2.30. The van der Waals surface area contributed by atoms with Crippen LogP contribution in [-0.4, -0.2) is 73.4 Å². The number of alkyl halides is 3.